The minimum absolute atomic E-state index is 0.0110. The summed E-state index contributed by atoms with van der Waals surface area (Å²) in [5, 5.41) is 0.387. The molecule has 0 aliphatic carbocycles. The van der Waals surface area contributed by atoms with Crippen LogP contribution in [0.15, 0.2) is 24.3 Å². The number of rotatable bonds is 1. The summed E-state index contributed by atoms with van der Waals surface area (Å²) in [5.74, 6) is 0. The normalized spacial score (nSPS) is 13.0. The van der Waals surface area contributed by atoms with Gasteiger partial charge in [0.25, 0.3) is 0 Å². The van der Waals surface area contributed by atoms with Crippen LogP contribution in [0.25, 0.3) is 0 Å². The zero-order valence-electron chi connectivity index (χ0n) is 9.30. The van der Waals surface area contributed by atoms with Gasteiger partial charge in [-0.05, 0) is 37.6 Å². The minimum atomic E-state index is -4.41. The van der Waals surface area contributed by atoms with Crippen molar-refractivity contribution < 1.29 is 13.2 Å². The van der Waals surface area contributed by atoms with Crippen LogP contribution in [0.4, 0.5) is 13.2 Å². The Morgan fingerprint density at radius 3 is 1.88 bits per heavy atom. The van der Waals surface area contributed by atoms with Crippen LogP contribution in [0.2, 0.25) is 5.02 Å². The molecule has 0 spiro atoms. The molecule has 7 heteroatoms. The Morgan fingerprint density at radius 2 is 1.59 bits per heavy atom. The molecular weight excluding hydrogens is 337 g/mol. The molecule has 0 amide bonds. The topological polar surface area (TPSA) is 26.0 Å². The van der Waals surface area contributed by atoms with Crippen molar-refractivity contribution in [3.63, 3.8) is 0 Å². The molecule has 98 valence electrons. The molecule has 0 saturated carbocycles. The zero-order chi connectivity index (χ0) is 13.6. The SMILES string of the molecule is CP(C)Br.NC(c1ccc(Cl)cc1)C(F)(F)F. The van der Waals surface area contributed by atoms with Gasteiger partial charge in [0.1, 0.15) is 6.04 Å². The van der Waals surface area contributed by atoms with Crippen molar-refractivity contribution in [2.24, 2.45) is 5.73 Å². The van der Waals surface area contributed by atoms with Gasteiger partial charge >= 0.3 is 6.18 Å². The van der Waals surface area contributed by atoms with Crippen LogP contribution in [0.1, 0.15) is 11.6 Å². The smallest absolute Gasteiger partial charge is 0.316 e. The first-order valence-electron chi connectivity index (χ1n) is 4.55. The number of halogens is 5. The molecule has 0 aromatic heterocycles. The van der Waals surface area contributed by atoms with E-state index in [1.54, 1.807) is 0 Å². The van der Waals surface area contributed by atoms with Crippen LogP contribution >= 0.6 is 33.7 Å². The highest BCUT2D eigenvalue weighted by Crippen LogP contribution is 2.33. The van der Waals surface area contributed by atoms with Crippen molar-refractivity contribution in [3.8, 4) is 0 Å². The lowest BCUT2D eigenvalue weighted by Crippen LogP contribution is -2.28. The van der Waals surface area contributed by atoms with Crippen LogP contribution in [0.5, 0.6) is 0 Å². The van der Waals surface area contributed by atoms with Crippen LogP contribution in [-0.4, -0.2) is 19.5 Å². The van der Waals surface area contributed by atoms with Crippen molar-refractivity contribution >= 4 is 33.7 Å². The molecule has 1 atom stereocenters. The Morgan fingerprint density at radius 1 is 1.24 bits per heavy atom. The van der Waals surface area contributed by atoms with Gasteiger partial charge < -0.3 is 5.73 Å². The molecule has 17 heavy (non-hydrogen) atoms. The summed E-state index contributed by atoms with van der Waals surface area (Å²) in [6.07, 6.45) is -4.41. The molecule has 0 heterocycles. The van der Waals surface area contributed by atoms with Gasteiger partial charge in [0.2, 0.25) is 0 Å². The van der Waals surface area contributed by atoms with Crippen LogP contribution < -0.4 is 5.73 Å². The average Bonchev–Trinajstić information content (AvgIpc) is 2.15. The first kappa shape index (κ1) is 17.2. The molecule has 0 radical (unpaired) electrons. The lowest BCUT2D eigenvalue weighted by atomic mass is 10.1. The Labute approximate surface area is 113 Å². The highest BCUT2D eigenvalue weighted by atomic mass is 79.9. The maximum Gasteiger partial charge on any atom is 0.407 e. The van der Waals surface area contributed by atoms with Crippen molar-refractivity contribution in [1.29, 1.82) is 0 Å². The Hall–Kier alpha value is 0.170. The van der Waals surface area contributed by atoms with E-state index < -0.39 is 12.2 Å². The summed E-state index contributed by atoms with van der Waals surface area (Å²) >= 11 is 8.84. The van der Waals surface area contributed by atoms with Gasteiger partial charge in [-0.3, -0.25) is 0 Å². The number of hydrogen-bond donors (Lipinski definition) is 1. The van der Waals surface area contributed by atoms with Gasteiger partial charge in [0.05, 0.1) is 0 Å². The largest absolute Gasteiger partial charge is 0.407 e. The standard InChI is InChI=1S/C8H7ClF3N.C2H6BrP/c9-6-3-1-5(2-4-6)7(13)8(10,11)12;1-4(2)3/h1-4,7H,13H2;1-2H3. The first-order valence-corrected chi connectivity index (χ1v) is 9.18. The summed E-state index contributed by atoms with van der Waals surface area (Å²) in [6, 6.07) is 3.34. The number of hydrogen-bond acceptors (Lipinski definition) is 1. The van der Waals surface area contributed by atoms with Gasteiger partial charge in [-0.15, -0.1) is 0 Å². The van der Waals surface area contributed by atoms with Crippen molar-refractivity contribution in [2.45, 2.75) is 12.2 Å². The van der Waals surface area contributed by atoms with Gasteiger partial charge in [-0.1, -0.05) is 39.2 Å². The minimum Gasteiger partial charge on any atom is -0.316 e. The third-order valence-corrected chi connectivity index (χ3v) is 1.83. The summed E-state index contributed by atoms with van der Waals surface area (Å²) in [7, 11) is 0. The number of benzene rings is 1. The molecule has 2 N–H and O–H groups in total. The quantitative estimate of drug-likeness (QED) is 0.713. The van der Waals surface area contributed by atoms with Gasteiger partial charge in [-0.2, -0.15) is 13.2 Å². The first-order chi connectivity index (χ1) is 7.64. The lowest BCUT2D eigenvalue weighted by molar-refractivity contribution is -0.149. The number of nitrogens with two attached hydrogens (primary N) is 1. The summed E-state index contributed by atoms with van der Waals surface area (Å²) in [4.78, 5) is 0. The van der Waals surface area contributed by atoms with E-state index in [0.717, 1.165) is 0 Å². The van der Waals surface area contributed by atoms with E-state index in [1.165, 1.54) is 24.3 Å². The summed E-state index contributed by atoms with van der Waals surface area (Å²) in [6.45, 7) is 4.49. The van der Waals surface area contributed by atoms with Crippen molar-refractivity contribution in [1.82, 2.24) is 0 Å². The predicted octanol–water partition coefficient (Wildman–Crippen LogP) is 4.94. The fourth-order valence-corrected chi connectivity index (χ4v) is 0.985. The average molecular weight is 351 g/mol. The second-order valence-electron chi connectivity index (χ2n) is 3.36. The van der Waals surface area contributed by atoms with E-state index in [4.69, 9.17) is 17.3 Å². The maximum atomic E-state index is 12.1. The molecule has 1 aromatic rings. The highest BCUT2D eigenvalue weighted by molar-refractivity contribution is 9.39. The Kier molecular flexibility index (Phi) is 7.65. The van der Waals surface area contributed by atoms with E-state index in [-0.39, 0.29) is 12.2 Å². The third-order valence-electron chi connectivity index (χ3n) is 1.58. The van der Waals surface area contributed by atoms with E-state index in [0.29, 0.717) is 5.02 Å². The van der Waals surface area contributed by atoms with Crippen molar-refractivity contribution in [3.05, 3.63) is 34.9 Å². The molecule has 0 saturated heterocycles. The van der Waals surface area contributed by atoms with Crippen LogP contribution in [-0.2, 0) is 0 Å². The molecule has 1 rings (SSSR count). The monoisotopic (exact) mass is 349 g/mol. The second-order valence-corrected chi connectivity index (χ2v) is 9.62. The highest BCUT2D eigenvalue weighted by Gasteiger charge is 2.37. The van der Waals surface area contributed by atoms with Gasteiger partial charge in [-0.25, -0.2) is 0 Å². The van der Waals surface area contributed by atoms with E-state index in [9.17, 15) is 13.2 Å². The molecule has 1 nitrogen and oxygen atoms in total. The molecule has 0 bridgehead atoms. The molecular formula is C10H13BrClF3NP. The second kappa shape index (κ2) is 7.57. The third kappa shape index (κ3) is 7.98. The molecule has 1 unspecified atom stereocenters. The fourth-order valence-electron chi connectivity index (χ4n) is 0.859. The molecule has 0 aliphatic rings. The Balaban J connectivity index is 0.000000557. The predicted molar refractivity (Wildman–Crippen MR) is 72.1 cm³/mol. The maximum absolute atomic E-state index is 12.1. The van der Waals surface area contributed by atoms with Crippen LogP contribution in [0.3, 0.4) is 0 Å². The van der Waals surface area contributed by atoms with E-state index in [1.807, 2.05) is 0 Å². The molecule has 0 fully saturated rings. The Bertz CT molecular complexity index is 327. The zero-order valence-corrected chi connectivity index (χ0v) is 12.5. The lowest BCUT2D eigenvalue weighted by Gasteiger charge is -2.15. The van der Waals surface area contributed by atoms with Crippen molar-refractivity contribution in [2.75, 3.05) is 13.3 Å². The number of alkyl halides is 3. The summed E-state index contributed by atoms with van der Waals surface area (Å²) in [5.41, 5.74) is 4.97. The van der Waals surface area contributed by atoms with Gasteiger partial charge in [0, 0.05) is 5.02 Å². The van der Waals surface area contributed by atoms with Crippen LogP contribution in [0, 0.1) is 0 Å². The molecule has 1 aromatic carbocycles. The molecule has 0 aliphatic heterocycles. The van der Waals surface area contributed by atoms with E-state index in [2.05, 4.69) is 28.8 Å². The van der Waals surface area contributed by atoms with E-state index >= 15 is 0 Å². The van der Waals surface area contributed by atoms with Gasteiger partial charge in [0.15, 0.2) is 0 Å². The summed E-state index contributed by atoms with van der Waals surface area (Å²) < 4.78 is 36.2. The fraction of sp³-hybridized carbons (Fsp3) is 0.400.